The van der Waals surface area contributed by atoms with Crippen LogP contribution in [0.25, 0.3) is 5.69 Å². The molecule has 0 radical (unpaired) electrons. The molecule has 1 atom stereocenters. The van der Waals surface area contributed by atoms with E-state index in [0.717, 1.165) is 25.3 Å². The van der Waals surface area contributed by atoms with Crippen LogP contribution in [0.1, 0.15) is 15.9 Å². The van der Waals surface area contributed by atoms with Crippen LogP contribution in [-0.4, -0.2) is 57.9 Å². The summed E-state index contributed by atoms with van der Waals surface area (Å²) in [6.07, 6.45) is 3.10. The van der Waals surface area contributed by atoms with Gasteiger partial charge in [-0.15, -0.1) is 0 Å². The van der Waals surface area contributed by atoms with E-state index in [-0.39, 0.29) is 12.0 Å². The van der Waals surface area contributed by atoms with Crippen molar-refractivity contribution < 1.29 is 9.53 Å². The summed E-state index contributed by atoms with van der Waals surface area (Å²) in [5.74, 6) is -0.103. The number of carbonyl (C=O) groups excluding carboxylic acids is 1. The zero-order valence-electron chi connectivity index (χ0n) is 15.6. The minimum atomic E-state index is -0.103. The largest absolute Gasteiger partial charge is 0.374 e. The van der Waals surface area contributed by atoms with Crippen molar-refractivity contribution in [3.8, 4) is 5.69 Å². The van der Waals surface area contributed by atoms with Crippen LogP contribution >= 0.6 is 0 Å². The summed E-state index contributed by atoms with van der Waals surface area (Å²) in [7, 11) is 0. The molecule has 1 aliphatic heterocycles. The fourth-order valence-corrected chi connectivity index (χ4v) is 3.30. The van der Waals surface area contributed by atoms with Gasteiger partial charge in [-0.1, -0.05) is 30.3 Å². The molecule has 0 aliphatic carbocycles. The summed E-state index contributed by atoms with van der Waals surface area (Å²) in [5, 5.41) is 7.06. The molecule has 0 spiro atoms. The standard InChI is InChI=1S/C21H23N5O2/c27-21(18-6-8-19(9-7-18)26-16-22-15-24-26)23-12-20-14-25(10-11-28-20)13-17-4-2-1-3-5-17/h1-9,15-16,20H,10-14H2,(H,23,27). The molecule has 144 valence electrons. The lowest BCUT2D eigenvalue weighted by Crippen LogP contribution is -2.47. The summed E-state index contributed by atoms with van der Waals surface area (Å²) in [6, 6.07) is 17.7. The minimum Gasteiger partial charge on any atom is -0.374 e. The van der Waals surface area contributed by atoms with Gasteiger partial charge < -0.3 is 10.1 Å². The van der Waals surface area contributed by atoms with Crippen molar-refractivity contribution >= 4 is 5.91 Å². The Kier molecular flexibility index (Phi) is 5.75. The molecule has 1 aromatic heterocycles. The zero-order valence-corrected chi connectivity index (χ0v) is 15.6. The average Bonchev–Trinajstić information content (AvgIpc) is 3.28. The van der Waals surface area contributed by atoms with Gasteiger partial charge in [-0.3, -0.25) is 9.69 Å². The zero-order chi connectivity index (χ0) is 19.2. The molecule has 1 unspecified atom stereocenters. The maximum Gasteiger partial charge on any atom is 0.251 e. The van der Waals surface area contributed by atoms with Crippen LogP contribution in [0, 0.1) is 0 Å². The smallest absolute Gasteiger partial charge is 0.251 e. The highest BCUT2D eigenvalue weighted by molar-refractivity contribution is 5.94. The molecular weight excluding hydrogens is 354 g/mol. The van der Waals surface area contributed by atoms with Crippen LogP contribution in [-0.2, 0) is 11.3 Å². The quantitative estimate of drug-likeness (QED) is 0.710. The highest BCUT2D eigenvalue weighted by Gasteiger charge is 2.21. The van der Waals surface area contributed by atoms with Gasteiger partial charge in [-0.25, -0.2) is 9.67 Å². The number of nitrogens with zero attached hydrogens (tertiary/aromatic N) is 4. The van der Waals surface area contributed by atoms with Crippen molar-refractivity contribution in [1.82, 2.24) is 25.0 Å². The second kappa shape index (κ2) is 8.77. The maximum atomic E-state index is 12.4. The third-order valence-electron chi connectivity index (χ3n) is 4.77. The Morgan fingerprint density at radius 2 is 1.96 bits per heavy atom. The molecule has 2 aromatic carbocycles. The number of nitrogens with one attached hydrogen (secondary N) is 1. The van der Waals surface area contributed by atoms with E-state index in [9.17, 15) is 4.79 Å². The fourth-order valence-electron chi connectivity index (χ4n) is 3.30. The van der Waals surface area contributed by atoms with Gasteiger partial charge in [0.15, 0.2) is 0 Å². The number of rotatable bonds is 6. The van der Waals surface area contributed by atoms with Crippen molar-refractivity contribution in [2.75, 3.05) is 26.2 Å². The first-order valence-corrected chi connectivity index (χ1v) is 9.39. The Hall–Kier alpha value is -3.03. The number of ether oxygens (including phenoxy) is 1. The second-order valence-corrected chi connectivity index (χ2v) is 6.81. The van der Waals surface area contributed by atoms with E-state index in [1.165, 1.54) is 11.9 Å². The summed E-state index contributed by atoms with van der Waals surface area (Å²) in [6.45, 7) is 3.79. The minimum absolute atomic E-state index is 0.00386. The Morgan fingerprint density at radius 3 is 2.71 bits per heavy atom. The first kappa shape index (κ1) is 18.3. The van der Waals surface area contributed by atoms with Gasteiger partial charge in [0.25, 0.3) is 5.91 Å². The molecule has 3 aromatic rings. The number of hydrogen-bond acceptors (Lipinski definition) is 5. The van der Waals surface area contributed by atoms with E-state index < -0.39 is 0 Å². The number of hydrogen-bond donors (Lipinski definition) is 1. The fraction of sp³-hybridized carbons (Fsp3) is 0.286. The molecule has 1 amide bonds. The Balaban J connectivity index is 1.28. The van der Waals surface area contributed by atoms with Gasteiger partial charge in [0, 0.05) is 31.7 Å². The molecule has 1 aliphatic rings. The molecular formula is C21H23N5O2. The number of amides is 1. The Labute approximate surface area is 164 Å². The van der Waals surface area contributed by atoms with E-state index in [4.69, 9.17) is 4.74 Å². The Bertz CT molecular complexity index is 881. The Morgan fingerprint density at radius 1 is 1.14 bits per heavy atom. The van der Waals surface area contributed by atoms with E-state index >= 15 is 0 Å². The van der Waals surface area contributed by atoms with E-state index in [2.05, 4.69) is 44.6 Å². The normalized spacial score (nSPS) is 17.4. The molecule has 28 heavy (non-hydrogen) atoms. The molecule has 1 N–H and O–H groups in total. The topological polar surface area (TPSA) is 72.3 Å². The van der Waals surface area contributed by atoms with Crippen molar-refractivity contribution in [2.45, 2.75) is 12.6 Å². The van der Waals surface area contributed by atoms with Crippen molar-refractivity contribution in [1.29, 1.82) is 0 Å². The maximum absolute atomic E-state index is 12.4. The number of morpholine rings is 1. The lowest BCUT2D eigenvalue weighted by molar-refractivity contribution is -0.0292. The molecule has 7 heteroatoms. The molecule has 4 rings (SSSR count). The monoisotopic (exact) mass is 377 g/mol. The summed E-state index contributed by atoms with van der Waals surface area (Å²) in [5.41, 5.74) is 2.77. The van der Waals surface area contributed by atoms with Crippen LogP contribution in [0.2, 0.25) is 0 Å². The second-order valence-electron chi connectivity index (χ2n) is 6.81. The van der Waals surface area contributed by atoms with Crippen molar-refractivity contribution in [3.05, 3.63) is 78.4 Å². The molecule has 7 nitrogen and oxygen atoms in total. The molecule has 0 bridgehead atoms. The van der Waals surface area contributed by atoms with Gasteiger partial charge in [0.1, 0.15) is 12.7 Å². The number of aromatic nitrogens is 3. The van der Waals surface area contributed by atoms with Gasteiger partial charge in [0.05, 0.1) is 18.4 Å². The summed E-state index contributed by atoms with van der Waals surface area (Å²) >= 11 is 0. The lowest BCUT2D eigenvalue weighted by Gasteiger charge is -2.33. The van der Waals surface area contributed by atoms with E-state index in [1.807, 2.05) is 18.2 Å². The lowest BCUT2D eigenvalue weighted by atomic mass is 10.1. The van der Waals surface area contributed by atoms with Crippen LogP contribution in [0.4, 0.5) is 0 Å². The van der Waals surface area contributed by atoms with Crippen molar-refractivity contribution in [3.63, 3.8) is 0 Å². The third-order valence-corrected chi connectivity index (χ3v) is 4.77. The highest BCUT2D eigenvalue weighted by atomic mass is 16.5. The van der Waals surface area contributed by atoms with Crippen molar-refractivity contribution in [2.24, 2.45) is 0 Å². The molecule has 0 saturated carbocycles. The van der Waals surface area contributed by atoms with Crippen LogP contribution < -0.4 is 5.32 Å². The summed E-state index contributed by atoms with van der Waals surface area (Å²) < 4.78 is 7.48. The van der Waals surface area contributed by atoms with Crippen LogP contribution in [0.3, 0.4) is 0 Å². The molecule has 1 saturated heterocycles. The molecule has 1 fully saturated rings. The van der Waals surface area contributed by atoms with Gasteiger partial charge in [-0.05, 0) is 29.8 Å². The first-order valence-electron chi connectivity index (χ1n) is 9.39. The van der Waals surface area contributed by atoms with Gasteiger partial charge in [-0.2, -0.15) is 5.10 Å². The van der Waals surface area contributed by atoms with Crippen LogP contribution in [0.15, 0.2) is 67.3 Å². The van der Waals surface area contributed by atoms with E-state index in [1.54, 1.807) is 23.1 Å². The predicted molar refractivity (Wildman–Crippen MR) is 105 cm³/mol. The predicted octanol–water partition coefficient (Wildman–Crippen LogP) is 1.90. The molecule has 2 heterocycles. The first-order chi connectivity index (χ1) is 13.8. The van der Waals surface area contributed by atoms with Crippen LogP contribution in [0.5, 0.6) is 0 Å². The average molecular weight is 377 g/mol. The van der Waals surface area contributed by atoms with E-state index in [0.29, 0.717) is 18.7 Å². The third kappa shape index (κ3) is 4.62. The number of benzene rings is 2. The highest BCUT2D eigenvalue weighted by Crippen LogP contribution is 2.11. The SMILES string of the molecule is O=C(NCC1CN(Cc2ccccc2)CCO1)c1ccc(-n2cncn2)cc1. The summed E-state index contributed by atoms with van der Waals surface area (Å²) in [4.78, 5) is 18.7. The van der Waals surface area contributed by atoms with Gasteiger partial charge in [0.2, 0.25) is 0 Å². The van der Waals surface area contributed by atoms with Gasteiger partial charge >= 0.3 is 0 Å². The number of carbonyl (C=O) groups is 1.